The van der Waals surface area contributed by atoms with E-state index in [4.69, 9.17) is 0 Å². The molecule has 2 amide bonds. The van der Waals surface area contributed by atoms with Crippen molar-refractivity contribution in [3.63, 3.8) is 0 Å². The van der Waals surface area contributed by atoms with E-state index >= 15 is 0 Å². The molecule has 5 rings (SSSR count). The fourth-order valence-corrected chi connectivity index (χ4v) is 5.13. The van der Waals surface area contributed by atoms with Crippen molar-refractivity contribution in [2.75, 3.05) is 43.4 Å². The van der Waals surface area contributed by atoms with Gasteiger partial charge in [-0.15, -0.1) is 0 Å². The summed E-state index contributed by atoms with van der Waals surface area (Å²) >= 11 is 0. The first-order valence-corrected chi connectivity index (χ1v) is 11.1. The molecule has 31 heavy (non-hydrogen) atoms. The van der Waals surface area contributed by atoms with Crippen LogP contribution in [0.15, 0.2) is 36.5 Å². The highest BCUT2D eigenvalue weighted by Crippen LogP contribution is 2.65. The molecule has 2 atom stereocenters. The first-order chi connectivity index (χ1) is 15.0. The smallest absolute Gasteiger partial charge is 0.269 e. The van der Waals surface area contributed by atoms with Gasteiger partial charge in [-0.1, -0.05) is 19.1 Å². The van der Waals surface area contributed by atoms with E-state index in [0.29, 0.717) is 11.6 Å². The number of rotatable bonds is 5. The molecule has 1 aromatic heterocycles. The summed E-state index contributed by atoms with van der Waals surface area (Å²) < 4.78 is 0. The van der Waals surface area contributed by atoms with Crippen LogP contribution in [0.25, 0.3) is 0 Å². The lowest BCUT2D eigenvalue weighted by atomic mass is 9.90. The highest BCUT2D eigenvalue weighted by atomic mass is 16.2. The maximum atomic E-state index is 12.5. The van der Waals surface area contributed by atoms with Gasteiger partial charge in [0.25, 0.3) is 5.91 Å². The molecule has 0 spiro atoms. The van der Waals surface area contributed by atoms with Gasteiger partial charge in [0.05, 0.1) is 17.3 Å². The molecular formula is C24H29N5O2. The average Bonchev–Trinajstić information content (AvgIpc) is 3.56. The number of fused-ring (bicyclic) bond motifs is 3. The van der Waals surface area contributed by atoms with E-state index < -0.39 is 0 Å². The summed E-state index contributed by atoms with van der Waals surface area (Å²) in [7, 11) is 1.61. The van der Waals surface area contributed by atoms with Crippen molar-refractivity contribution in [1.82, 2.24) is 15.2 Å². The van der Waals surface area contributed by atoms with E-state index in [0.717, 1.165) is 56.9 Å². The third kappa shape index (κ3) is 3.47. The normalized spacial score (nSPS) is 24.8. The summed E-state index contributed by atoms with van der Waals surface area (Å²) in [6, 6.07) is 10.4. The van der Waals surface area contributed by atoms with E-state index in [1.165, 1.54) is 11.1 Å². The van der Waals surface area contributed by atoms with Crippen LogP contribution in [0.2, 0.25) is 0 Å². The molecule has 0 radical (unpaired) electrons. The third-order valence-corrected chi connectivity index (χ3v) is 7.25. The highest BCUT2D eigenvalue weighted by molar-refractivity contribution is 6.02. The number of hydrogen-bond acceptors (Lipinski definition) is 5. The highest BCUT2D eigenvalue weighted by Gasteiger charge is 2.61. The van der Waals surface area contributed by atoms with Gasteiger partial charge in [-0.25, -0.2) is 4.98 Å². The van der Waals surface area contributed by atoms with Gasteiger partial charge < -0.3 is 15.5 Å². The van der Waals surface area contributed by atoms with Crippen LogP contribution in [-0.4, -0.2) is 54.9 Å². The first-order valence-electron chi connectivity index (χ1n) is 11.1. The van der Waals surface area contributed by atoms with Crippen LogP contribution in [0.4, 0.5) is 11.4 Å². The van der Waals surface area contributed by atoms with Crippen molar-refractivity contribution in [2.24, 2.45) is 5.41 Å². The molecule has 1 aromatic carbocycles. The molecule has 162 valence electrons. The Morgan fingerprint density at radius 3 is 2.71 bits per heavy atom. The van der Waals surface area contributed by atoms with Crippen molar-refractivity contribution < 1.29 is 9.59 Å². The first kappa shape index (κ1) is 20.0. The lowest BCUT2D eigenvalue weighted by molar-refractivity contribution is -0.121. The zero-order chi connectivity index (χ0) is 21.6. The quantitative estimate of drug-likeness (QED) is 0.779. The predicted molar refractivity (Wildman–Crippen MR) is 120 cm³/mol. The number of anilines is 2. The Hall–Kier alpha value is -2.93. The van der Waals surface area contributed by atoms with Gasteiger partial charge in [0.2, 0.25) is 5.91 Å². The molecule has 7 nitrogen and oxygen atoms in total. The maximum Gasteiger partial charge on any atom is 0.269 e. The summed E-state index contributed by atoms with van der Waals surface area (Å²) in [6.45, 7) is 6.76. The second-order valence-electron chi connectivity index (χ2n) is 8.89. The fourth-order valence-electron chi connectivity index (χ4n) is 5.13. The Kier molecular flexibility index (Phi) is 4.93. The molecule has 0 bridgehead atoms. The summed E-state index contributed by atoms with van der Waals surface area (Å²) in [4.78, 5) is 33.2. The van der Waals surface area contributed by atoms with Crippen molar-refractivity contribution in [1.29, 1.82) is 0 Å². The summed E-state index contributed by atoms with van der Waals surface area (Å²) in [5, 5.41) is 5.76. The van der Waals surface area contributed by atoms with Crippen LogP contribution >= 0.6 is 0 Å². The largest absolute Gasteiger partial charge is 0.368 e. The van der Waals surface area contributed by atoms with Crippen molar-refractivity contribution in [2.45, 2.75) is 32.2 Å². The lowest BCUT2D eigenvalue weighted by Crippen LogP contribution is -2.46. The SMILES string of the molecule is CC[C@@]12CC1c1ccc(CN3CCN(c4ccc(C(=O)NC)nc4)CC3)cc1NC2=O. The molecule has 2 fully saturated rings. The molecule has 1 aliphatic carbocycles. The molecule has 2 aromatic rings. The molecular weight excluding hydrogens is 390 g/mol. The molecule has 2 aliphatic heterocycles. The standard InChI is InChI=1S/C24H29N5O2/c1-3-24-13-19(24)18-6-4-16(12-21(18)27-23(24)31)15-28-8-10-29(11-9-28)17-5-7-20(26-14-17)22(30)25-2/h4-7,12,14,19H,3,8-11,13,15H2,1-2H3,(H,25,30)(H,27,31)/t19?,24-/m1/s1. The Morgan fingerprint density at radius 2 is 2.03 bits per heavy atom. The van der Waals surface area contributed by atoms with Crippen LogP contribution in [0.3, 0.4) is 0 Å². The number of carbonyl (C=O) groups excluding carboxylic acids is 2. The molecule has 1 saturated heterocycles. The molecule has 7 heteroatoms. The number of nitrogens with one attached hydrogen (secondary N) is 2. The second-order valence-corrected chi connectivity index (χ2v) is 8.89. The molecule has 1 unspecified atom stereocenters. The second kappa shape index (κ2) is 7.64. The summed E-state index contributed by atoms with van der Waals surface area (Å²) in [6.07, 6.45) is 3.68. The van der Waals surface area contributed by atoms with E-state index in [-0.39, 0.29) is 17.2 Å². The van der Waals surface area contributed by atoms with Gasteiger partial charge in [0.1, 0.15) is 5.69 Å². The van der Waals surface area contributed by atoms with Crippen LogP contribution in [0.5, 0.6) is 0 Å². The van der Waals surface area contributed by atoms with E-state index in [2.05, 4.69) is 50.5 Å². The third-order valence-electron chi connectivity index (χ3n) is 7.25. The predicted octanol–water partition coefficient (Wildman–Crippen LogP) is 2.60. The van der Waals surface area contributed by atoms with Gasteiger partial charge in [0, 0.05) is 51.4 Å². The van der Waals surface area contributed by atoms with Gasteiger partial charge in [-0.2, -0.15) is 0 Å². The monoisotopic (exact) mass is 419 g/mol. The van der Waals surface area contributed by atoms with Crippen LogP contribution < -0.4 is 15.5 Å². The van der Waals surface area contributed by atoms with Crippen LogP contribution in [-0.2, 0) is 11.3 Å². The zero-order valence-corrected chi connectivity index (χ0v) is 18.1. The van der Waals surface area contributed by atoms with Gasteiger partial charge in [0.15, 0.2) is 0 Å². The lowest BCUT2D eigenvalue weighted by Gasteiger charge is -2.36. The van der Waals surface area contributed by atoms with E-state index in [1.54, 1.807) is 19.3 Å². The minimum atomic E-state index is -0.167. The average molecular weight is 420 g/mol. The van der Waals surface area contributed by atoms with Gasteiger partial charge in [-0.3, -0.25) is 14.5 Å². The Balaban J connectivity index is 1.19. The number of nitrogens with zero attached hydrogens (tertiary/aromatic N) is 3. The van der Waals surface area contributed by atoms with E-state index in [1.807, 2.05) is 6.07 Å². The Morgan fingerprint density at radius 1 is 1.23 bits per heavy atom. The number of hydrogen-bond donors (Lipinski definition) is 2. The number of carbonyl (C=O) groups is 2. The number of pyridine rings is 1. The minimum Gasteiger partial charge on any atom is -0.368 e. The molecule has 3 heterocycles. The minimum absolute atomic E-state index is 0.141. The summed E-state index contributed by atoms with van der Waals surface area (Å²) in [5.41, 5.74) is 4.91. The van der Waals surface area contributed by atoms with Gasteiger partial charge in [-0.05, 0) is 42.2 Å². The Bertz CT molecular complexity index is 1010. The van der Waals surface area contributed by atoms with E-state index in [9.17, 15) is 9.59 Å². The number of benzene rings is 1. The molecule has 1 saturated carbocycles. The number of amides is 2. The number of piperazine rings is 1. The van der Waals surface area contributed by atoms with Gasteiger partial charge >= 0.3 is 0 Å². The number of aromatic nitrogens is 1. The summed E-state index contributed by atoms with van der Waals surface area (Å²) in [5.74, 6) is 0.441. The molecule has 3 aliphatic rings. The molecule has 2 N–H and O–H groups in total. The zero-order valence-electron chi connectivity index (χ0n) is 18.1. The Labute approximate surface area is 182 Å². The van der Waals surface area contributed by atoms with Crippen molar-refractivity contribution >= 4 is 23.2 Å². The fraction of sp³-hybridized carbons (Fsp3) is 0.458. The van der Waals surface area contributed by atoms with Crippen molar-refractivity contribution in [3.8, 4) is 0 Å². The maximum absolute atomic E-state index is 12.5. The van der Waals surface area contributed by atoms with Crippen LogP contribution in [0.1, 0.15) is 47.3 Å². The van der Waals surface area contributed by atoms with Crippen LogP contribution in [0, 0.1) is 5.41 Å². The topological polar surface area (TPSA) is 77.6 Å². The van der Waals surface area contributed by atoms with Crippen molar-refractivity contribution in [3.05, 3.63) is 53.3 Å².